The van der Waals surface area contributed by atoms with Gasteiger partial charge >= 0.3 is 0 Å². The minimum atomic E-state index is -1.64. The zero-order chi connectivity index (χ0) is 18.2. The number of carbonyl (C=O) groups excluding carboxylic acids is 2. The molecule has 3 rings (SSSR count). The minimum absolute atomic E-state index is 0.391. The van der Waals surface area contributed by atoms with Crippen molar-refractivity contribution in [2.45, 2.75) is 26.4 Å². The Morgan fingerprint density at radius 3 is 2.68 bits per heavy atom. The number of fused-ring (bicyclic) bond motifs is 1. The first-order chi connectivity index (χ1) is 11.9. The van der Waals surface area contributed by atoms with Crippen molar-refractivity contribution in [3.05, 3.63) is 53.1 Å². The van der Waals surface area contributed by atoms with Crippen LogP contribution >= 0.6 is 11.6 Å². The summed E-state index contributed by atoms with van der Waals surface area (Å²) in [6.45, 7) is 5.64. The van der Waals surface area contributed by atoms with Crippen LogP contribution in [-0.4, -0.2) is 24.0 Å². The van der Waals surface area contributed by atoms with Crippen molar-refractivity contribution >= 4 is 34.8 Å². The molecule has 0 aliphatic carbocycles. The molecule has 0 radical (unpaired) electrons. The molecule has 1 heterocycles. The van der Waals surface area contributed by atoms with Crippen LogP contribution in [-0.2, 0) is 9.59 Å². The van der Waals surface area contributed by atoms with Crippen molar-refractivity contribution in [2.24, 2.45) is 0 Å². The zero-order valence-electron chi connectivity index (χ0n) is 14.3. The number of para-hydroxylation sites is 2. The molecule has 2 aromatic rings. The van der Waals surface area contributed by atoms with Crippen LogP contribution in [0.25, 0.3) is 0 Å². The largest absolute Gasteiger partial charge is 0.465 e. The number of carbonyl (C=O) groups is 2. The molecule has 0 saturated heterocycles. The Hall–Kier alpha value is -2.53. The van der Waals surface area contributed by atoms with Crippen molar-refractivity contribution in [2.75, 3.05) is 16.8 Å². The first-order valence-corrected chi connectivity index (χ1v) is 8.42. The molecule has 6 heteroatoms. The van der Waals surface area contributed by atoms with E-state index >= 15 is 0 Å². The smallest absolute Gasteiger partial charge is 0.280 e. The molecule has 130 valence electrons. The summed E-state index contributed by atoms with van der Waals surface area (Å²) in [6.07, 6.45) is 0. The maximum absolute atomic E-state index is 12.9. The van der Waals surface area contributed by atoms with Crippen LogP contribution in [0.15, 0.2) is 42.5 Å². The number of nitrogens with one attached hydrogen (secondary N) is 1. The Kier molecular flexibility index (Phi) is 4.43. The van der Waals surface area contributed by atoms with Crippen LogP contribution in [0, 0.1) is 6.92 Å². The number of benzene rings is 2. The maximum Gasteiger partial charge on any atom is 0.280 e. The van der Waals surface area contributed by atoms with E-state index in [0.29, 0.717) is 28.7 Å². The second-order valence-electron chi connectivity index (χ2n) is 6.07. The number of anilines is 2. The number of rotatable bonds is 3. The Bertz CT molecular complexity index is 852. The van der Waals surface area contributed by atoms with Gasteiger partial charge in [-0.25, -0.2) is 0 Å². The molecule has 0 spiro atoms. The van der Waals surface area contributed by atoms with Gasteiger partial charge in [0.15, 0.2) is 0 Å². The Labute approximate surface area is 151 Å². The van der Waals surface area contributed by atoms with Crippen LogP contribution in [0.2, 0.25) is 5.02 Å². The van der Waals surface area contributed by atoms with Gasteiger partial charge in [-0.1, -0.05) is 23.7 Å². The highest BCUT2D eigenvalue weighted by atomic mass is 35.5. The van der Waals surface area contributed by atoms with Gasteiger partial charge in [-0.2, -0.15) is 0 Å². The van der Waals surface area contributed by atoms with Crippen molar-refractivity contribution < 1.29 is 14.3 Å². The summed E-state index contributed by atoms with van der Waals surface area (Å²) >= 11 is 5.95. The number of likely N-dealkylation sites (N-methyl/N-ethyl adjacent to an activating group) is 1. The van der Waals surface area contributed by atoms with Gasteiger partial charge in [-0.05, 0) is 56.7 Å². The fourth-order valence-electron chi connectivity index (χ4n) is 2.86. The average molecular weight is 359 g/mol. The van der Waals surface area contributed by atoms with Crippen molar-refractivity contribution in [1.29, 1.82) is 0 Å². The average Bonchev–Trinajstić information content (AvgIpc) is 2.58. The summed E-state index contributed by atoms with van der Waals surface area (Å²) in [5.74, 6) is -0.400. The van der Waals surface area contributed by atoms with Gasteiger partial charge in [0.1, 0.15) is 5.75 Å². The quantitative estimate of drug-likeness (QED) is 0.849. The fraction of sp³-hybridized carbons (Fsp3) is 0.263. The highest BCUT2D eigenvalue weighted by Gasteiger charge is 2.50. The first kappa shape index (κ1) is 17.3. The van der Waals surface area contributed by atoms with Crippen molar-refractivity contribution in [3.8, 4) is 5.75 Å². The number of hydrogen-bond donors (Lipinski definition) is 1. The van der Waals surface area contributed by atoms with E-state index in [1.807, 2.05) is 26.0 Å². The Morgan fingerprint density at radius 2 is 2.00 bits per heavy atom. The molecular formula is C19H19ClN2O3. The zero-order valence-corrected chi connectivity index (χ0v) is 15.1. The summed E-state index contributed by atoms with van der Waals surface area (Å²) in [5, 5.41) is 3.36. The van der Waals surface area contributed by atoms with E-state index < -0.39 is 17.4 Å². The van der Waals surface area contributed by atoms with E-state index in [2.05, 4.69) is 5.32 Å². The molecule has 0 aromatic heterocycles. The summed E-state index contributed by atoms with van der Waals surface area (Å²) in [7, 11) is 0. The summed E-state index contributed by atoms with van der Waals surface area (Å²) in [4.78, 5) is 27.4. The highest BCUT2D eigenvalue weighted by molar-refractivity contribution is 6.30. The van der Waals surface area contributed by atoms with Crippen LogP contribution in [0.4, 0.5) is 11.4 Å². The lowest BCUT2D eigenvalue weighted by molar-refractivity contribution is -0.145. The second kappa shape index (κ2) is 6.41. The van der Waals surface area contributed by atoms with Gasteiger partial charge in [-0.3, -0.25) is 9.59 Å². The monoisotopic (exact) mass is 358 g/mol. The third kappa shape index (κ3) is 2.96. The Morgan fingerprint density at radius 1 is 1.28 bits per heavy atom. The molecule has 25 heavy (non-hydrogen) atoms. The summed E-state index contributed by atoms with van der Waals surface area (Å²) in [5.41, 5.74) is 0.425. The van der Waals surface area contributed by atoms with Gasteiger partial charge < -0.3 is 15.0 Å². The number of amides is 2. The number of aryl methyl sites for hydroxylation is 1. The first-order valence-electron chi connectivity index (χ1n) is 8.04. The standard InChI is InChI=1S/C19H19ClN2O3/c1-4-22-15-7-5-6-8-16(15)25-19(3,18(22)24)17(23)21-14-10-9-13(20)11-12(14)2/h5-11H,4H2,1-3H3,(H,21,23). The van der Waals surface area contributed by atoms with Crippen molar-refractivity contribution in [1.82, 2.24) is 0 Å². The lowest BCUT2D eigenvalue weighted by Gasteiger charge is -2.39. The second-order valence-corrected chi connectivity index (χ2v) is 6.50. The van der Waals surface area contributed by atoms with Gasteiger partial charge in [0.2, 0.25) is 0 Å². The lowest BCUT2D eigenvalue weighted by atomic mass is 9.99. The van der Waals surface area contributed by atoms with E-state index in [9.17, 15) is 9.59 Å². The van der Waals surface area contributed by atoms with E-state index in [1.165, 1.54) is 6.92 Å². The number of hydrogen-bond acceptors (Lipinski definition) is 3. The van der Waals surface area contributed by atoms with Gasteiger partial charge in [0.05, 0.1) is 5.69 Å². The molecule has 1 atom stereocenters. The van der Waals surface area contributed by atoms with E-state index in [-0.39, 0.29) is 0 Å². The molecule has 2 aromatic carbocycles. The molecule has 0 saturated carbocycles. The number of nitrogens with zero attached hydrogens (tertiary/aromatic N) is 1. The summed E-state index contributed by atoms with van der Waals surface area (Å²) < 4.78 is 5.83. The lowest BCUT2D eigenvalue weighted by Crippen LogP contribution is -2.60. The summed E-state index contributed by atoms with van der Waals surface area (Å²) in [6, 6.07) is 12.3. The number of ether oxygens (including phenoxy) is 1. The SMILES string of the molecule is CCN1C(=O)C(C)(C(=O)Nc2ccc(Cl)cc2C)Oc2ccccc21. The predicted octanol–water partition coefficient (Wildman–Crippen LogP) is 3.79. The molecule has 1 N–H and O–H groups in total. The molecule has 2 amide bonds. The molecule has 1 aliphatic heterocycles. The van der Waals surface area contributed by atoms with Crippen LogP contribution in [0.3, 0.4) is 0 Å². The fourth-order valence-corrected chi connectivity index (χ4v) is 3.09. The third-order valence-corrected chi connectivity index (χ3v) is 4.54. The van der Waals surface area contributed by atoms with E-state index in [0.717, 1.165) is 5.56 Å². The molecule has 0 bridgehead atoms. The van der Waals surface area contributed by atoms with Crippen molar-refractivity contribution in [3.63, 3.8) is 0 Å². The van der Waals surface area contributed by atoms with E-state index in [4.69, 9.17) is 16.3 Å². The minimum Gasteiger partial charge on any atom is -0.465 e. The molecule has 1 aliphatic rings. The number of halogens is 1. The highest BCUT2D eigenvalue weighted by Crippen LogP contribution is 2.38. The normalized spacial score (nSPS) is 19.2. The van der Waals surface area contributed by atoms with Gasteiger partial charge in [0, 0.05) is 17.3 Å². The third-order valence-electron chi connectivity index (χ3n) is 4.31. The topological polar surface area (TPSA) is 58.6 Å². The molecule has 0 fully saturated rings. The molecule has 5 nitrogen and oxygen atoms in total. The van der Waals surface area contributed by atoms with Crippen LogP contribution in [0.1, 0.15) is 19.4 Å². The molecular weight excluding hydrogens is 340 g/mol. The van der Waals surface area contributed by atoms with Crippen LogP contribution in [0.5, 0.6) is 5.75 Å². The maximum atomic E-state index is 12.9. The predicted molar refractivity (Wildman–Crippen MR) is 98.3 cm³/mol. The van der Waals surface area contributed by atoms with Crippen LogP contribution < -0.4 is 15.0 Å². The Balaban J connectivity index is 1.95. The van der Waals surface area contributed by atoms with Gasteiger partial charge in [0.25, 0.3) is 17.4 Å². The van der Waals surface area contributed by atoms with E-state index in [1.54, 1.807) is 35.2 Å². The molecule has 1 unspecified atom stereocenters. The van der Waals surface area contributed by atoms with Gasteiger partial charge in [-0.15, -0.1) is 0 Å².